The molecule has 108 valence electrons. The Morgan fingerprint density at radius 2 is 2.05 bits per heavy atom. The topological polar surface area (TPSA) is 41.1 Å². The maximum atomic E-state index is 12.3. The van der Waals surface area contributed by atoms with Crippen molar-refractivity contribution in [3.63, 3.8) is 0 Å². The molecule has 0 saturated heterocycles. The van der Waals surface area contributed by atoms with Gasteiger partial charge in [-0.05, 0) is 49.1 Å². The second-order valence-corrected chi connectivity index (χ2v) is 5.75. The van der Waals surface area contributed by atoms with E-state index in [1.807, 2.05) is 43.3 Å². The molecular formula is C17H17ClN2O. The van der Waals surface area contributed by atoms with E-state index >= 15 is 0 Å². The van der Waals surface area contributed by atoms with Crippen molar-refractivity contribution in [3.8, 4) is 0 Å². The number of halogens is 1. The van der Waals surface area contributed by atoms with Gasteiger partial charge in [0.25, 0.3) is 0 Å². The molecule has 0 saturated carbocycles. The maximum absolute atomic E-state index is 12.3. The molecule has 2 aromatic rings. The van der Waals surface area contributed by atoms with E-state index in [4.69, 9.17) is 11.6 Å². The zero-order valence-corrected chi connectivity index (χ0v) is 12.6. The van der Waals surface area contributed by atoms with Crippen LogP contribution in [-0.2, 0) is 11.2 Å². The third-order valence-electron chi connectivity index (χ3n) is 3.81. The molecule has 1 atom stereocenters. The van der Waals surface area contributed by atoms with Crippen LogP contribution in [0.1, 0.15) is 17.5 Å². The number of amides is 1. The molecule has 4 heteroatoms. The van der Waals surface area contributed by atoms with Gasteiger partial charge in [-0.25, -0.2) is 0 Å². The van der Waals surface area contributed by atoms with Crippen molar-refractivity contribution < 1.29 is 4.79 Å². The van der Waals surface area contributed by atoms with Crippen LogP contribution in [0.3, 0.4) is 0 Å². The monoisotopic (exact) mass is 300 g/mol. The highest BCUT2D eigenvalue weighted by Crippen LogP contribution is 2.25. The van der Waals surface area contributed by atoms with Gasteiger partial charge in [-0.1, -0.05) is 35.9 Å². The van der Waals surface area contributed by atoms with Gasteiger partial charge in [0.2, 0.25) is 5.91 Å². The lowest BCUT2D eigenvalue weighted by atomic mass is 10.1. The molecule has 21 heavy (non-hydrogen) atoms. The van der Waals surface area contributed by atoms with Crippen LogP contribution in [0.5, 0.6) is 0 Å². The highest BCUT2D eigenvalue weighted by atomic mass is 35.5. The number of carbonyl (C=O) groups excluding carboxylic acids is 1. The first-order valence-corrected chi connectivity index (χ1v) is 7.43. The van der Waals surface area contributed by atoms with Crippen molar-refractivity contribution >= 4 is 28.9 Å². The van der Waals surface area contributed by atoms with Gasteiger partial charge in [0.1, 0.15) is 6.04 Å². The van der Waals surface area contributed by atoms with Crippen LogP contribution in [0.15, 0.2) is 42.5 Å². The van der Waals surface area contributed by atoms with Gasteiger partial charge in [0.15, 0.2) is 0 Å². The number of aryl methyl sites for hydroxylation is 2. The lowest BCUT2D eigenvalue weighted by molar-refractivity contribution is -0.116. The van der Waals surface area contributed by atoms with Crippen LogP contribution >= 0.6 is 11.6 Å². The summed E-state index contributed by atoms with van der Waals surface area (Å²) in [5.41, 5.74) is 3.99. The molecular weight excluding hydrogens is 284 g/mol. The first-order chi connectivity index (χ1) is 10.1. The number of para-hydroxylation sites is 1. The maximum Gasteiger partial charge on any atom is 0.246 e. The summed E-state index contributed by atoms with van der Waals surface area (Å²) in [4.78, 5) is 12.3. The summed E-state index contributed by atoms with van der Waals surface area (Å²) in [5, 5.41) is 6.97. The first-order valence-electron chi connectivity index (χ1n) is 7.05. The third kappa shape index (κ3) is 3.03. The Balaban J connectivity index is 1.78. The van der Waals surface area contributed by atoms with E-state index in [0.29, 0.717) is 5.02 Å². The molecule has 0 spiro atoms. The van der Waals surface area contributed by atoms with Crippen molar-refractivity contribution in [2.75, 3.05) is 10.6 Å². The minimum Gasteiger partial charge on any atom is -0.374 e. The van der Waals surface area contributed by atoms with E-state index in [0.717, 1.165) is 29.8 Å². The molecule has 0 aliphatic carbocycles. The average Bonchev–Trinajstić information content (AvgIpc) is 2.63. The molecule has 3 rings (SSSR count). The van der Waals surface area contributed by atoms with E-state index in [1.165, 1.54) is 5.56 Å². The van der Waals surface area contributed by atoms with Gasteiger partial charge in [0, 0.05) is 16.4 Å². The Morgan fingerprint density at radius 1 is 1.24 bits per heavy atom. The molecule has 1 amide bonds. The highest BCUT2D eigenvalue weighted by molar-refractivity contribution is 6.31. The molecule has 0 bridgehead atoms. The molecule has 2 N–H and O–H groups in total. The van der Waals surface area contributed by atoms with Crippen molar-refractivity contribution in [1.82, 2.24) is 0 Å². The SMILES string of the molecule is Cc1ccc(NC2CCc3ccccc3NC2=O)cc1Cl. The molecule has 0 aromatic heterocycles. The number of fused-ring (bicyclic) bond motifs is 1. The number of nitrogens with one attached hydrogen (secondary N) is 2. The fourth-order valence-corrected chi connectivity index (χ4v) is 2.71. The first kappa shape index (κ1) is 14.0. The molecule has 3 nitrogen and oxygen atoms in total. The van der Waals surface area contributed by atoms with Crippen LogP contribution < -0.4 is 10.6 Å². The molecule has 1 heterocycles. The zero-order chi connectivity index (χ0) is 14.8. The number of rotatable bonds is 2. The summed E-state index contributed by atoms with van der Waals surface area (Å²) in [7, 11) is 0. The fourth-order valence-electron chi connectivity index (χ4n) is 2.53. The standard InChI is InChI=1S/C17H17ClN2O/c1-11-6-8-13(10-14(11)18)19-16-9-7-12-4-2-3-5-15(12)20-17(16)21/h2-6,8,10,16,19H,7,9H2,1H3,(H,20,21). The van der Waals surface area contributed by atoms with Crippen LogP contribution in [0.2, 0.25) is 5.02 Å². The summed E-state index contributed by atoms with van der Waals surface area (Å²) in [6, 6.07) is 13.4. The smallest absolute Gasteiger partial charge is 0.246 e. The number of carbonyl (C=O) groups is 1. The summed E-state index contributed by atoms with van der Waals surface area (Å²) in [5.74, 6) is -0.00310. The quantitative estimate of drug-likeness (QED) is 0.879. The van der Waals surface area contributed by atoms with Crippen LogP contribution in [-0.4, -0.2) is 11.9 Å². The number of anilines is 2. The van der Waals surface area contributed by atoms with Gasteiger partial charge in [-0.15, -0.1) is 0 Å². The molecule has 1 aliphatic rings. The van der Waals surface area contributed by atoms with E-state index in [-0.39, 0.29) is 11.9 Å². The van der Waals surface area contributed by atoms with Crippen molar-refractivity contribution in [2.45, 2.75) is 25.8 Å². The van der Waals surface area contributed by atoms with E-state index in [2.05, 4.69) is 16.7 Å². The Labute approximate surface area is 129 Å². The predicted octanol–water partition coefficient (Wildman–Crippen LogP) is 4.01. The minimum atomic E-state index is -0.254. The van der Waals surface area contributed by atoms with Crippen LogP contribution in [0.25, 0.3) is 0 Å². The molecule has 2 aromatic carbocycles. The van der Waals surface area contributed by atoms with Gasteiger partial charge in [0.05, 0.1) is 0 Å². The second kappa shape index (κ2) is 5.78. The minimum absolute atomic E-state index is 0.00310. The van der Waals surface area contributed by atoms with E-state index in [9.17, 15) is 4.79 Å². The Morgan fingerprint density at radius 3 is 2.86 bits per heavy atom. The van der Waals surface area contributed by atoms with Crippen molar-refractivity contribution in [3.05, 3.63) is 58.6 Å². The lowest BCUT2D eigenvalue weighted by Crippen LogP contribution is -2.33. The Bertz CT molecular complexity index is 684. The summed E-state index contributed by atoms with van der Waals surface area (Å²) in [6.07, 6.45) is 1.63. The fraction of sp³-hybridized carbons (Fsp3) is 0.235. The van der Waals surface area contributed by atoms with E-state index < -0.39 is 0 Å². The zero-order valence-electron chi connectivity index (χ0n) is 11.8. The van der Waals surface area contributed by atoms with Gasteiger partial charge in [-0.2, -0.15) is 0 Å². The van der Waals surface area contributed by atoms with Crippen molar-refractivity contribution in [2.24, 2.45) is 0 Å². The van der Waals surface area contributed by atoms with Gasteiger partial charge < -0.3 is 10.6 Å². The lowest BCUT2D eigenvalue weighted by Gasteiger charge is -2.17. The third-order valence-corrected chi connectivity index (χ3v) is 4.21. The highest BCUT2D eigenvalue weighted by Gasteiger charge is 2.23. The Kier molecular flexibility index (Phi) is 3.84. The van der Waals surface area contributed by atoms with Crippen LogP contribution in [0.4, 0.5) is 11.4 Å². The molecule has 0 fully saturated rings. The van der Waals surface area contributed by atoms with Crippen LogP contribution in [0, 0.1) is 6.92 Å². The number of benzene rings is 2. The van der Waals surface area contributed by atoms with Crippen molar-refractivity contribution in [1.29, 1.82) is 0 Å². The molecule has 1 aliphatic heterocycles. The number of hydrogen-bond donors (Lipinski definition) is 2. The summed E-state index contributed by atoms with van der Waals surface area (Å²) >= 11 is 6.13. The predicted molar refractivity (Wildman–Crippen MR) is 87.0 cm³/mol. The second-order valence-electron chi connectivity index (χ2n) is 5.35. The summed E-state index contributed by atoms with van der Waals surface area (Å²) in [6.45, 7) is 1.96. The number of hydrogen-bond acceptors (Lipinski definition) is 2. The normalized spacial score (nSPS) is 17.6. The summed E-state index contributed by atoms with van der Waals surface area (Å²) < 4.78 is 0. The van der Waals surface area contributed by atoms with Gasteiger partial charge in [-0.3, -0.25) is 4.79 Å². The largest absolute Gasteiger partial charge is 0.374 e. The molecule has 1 unspecified atom stereocenters. The van der Waals surface area contributed by atoms with E-state index in [1.54, 1.807) is 0 Å². The molecule has 0 radical (unpaired) electrons. The van der Waals surface area contributed by atoms with Gasteiger partial charge >= 0.3 is 0 Å². The Hall–Kier alpha value is -2.00. The average molecular weight is 301 g/mol.